The average Bonchev–Trinajstić information content (AvgIpc) is 3.56. The third-order valence-electron chi connectivity index (χ3n) is 14.6. The van der Waals surface area contributed by atoms with E-state index < -0.39 is 149 Å². The number of pyridine rings is 2. The van der Waals surface area contributed by atoms with Gasteiger partial charge in [-0.3, -0.25) is 33.8 Å². The van der Waals surface area contributed by atoms with E-state index in [2.05, 4.69) is 4.98 Å². The summed E-state index contributed by atoms with van der Waals surface area (Å²) in [6.45, 7) is 9.75. The number of esters is 8. The summed E-state index contributed by atoms with van der Waals surface area (Å²) in [6.07, 6.45) is -10.2. The monoisotopic (exact) mass is 1000 g/mol. The molecule has 4 aliphatic rings. The molecule has 2 aromatic heterocycles. The number of carbonyl (C=O) groups is 8. The predicted molar refractivity (Wildman–Crippen MR) is 244 cm³/mol. The maximum absolute atomic E-state index is 15.0. The lowest BCUT2D eigenvalue weighted by molar-refractivity contribution is -0.385. The van der Waals surface area contributed by atoms with Gasteiger partial charge in [-0.25, -0.2) is 14.4 Å². The zero-order valence-corrected chi connectivity index (χ0v) is 41.4. The van der Waals surface area contributed by atoms with Crippen LogP contribution in [0.5, 0.6) is 0 Å². The lowest BCUT2D eigenvalue weighted by Crippen LogP contribution is -2.89. The third-order valence-corrected chi connectivity index (χ3v) is 14.6. The summed E-state index contributed by atoms with van der Waals surface area (Å²) in [7, 11) is 1.35. The van der Waals surface area contributed by atoms with Crippen molar-refractivity contribution in [2.24, 2.45) is 30.2 Å². The molecule has 21 heteroatoms. The lowest BCUT2D eigenvalue weighted by Gasteiger charge is -2.67. The number of carbonyl (C=O) groups excluding carboxylic acids is 8. The summed E-state index contributed by atoms with van der Waals surface area (Å²) in [5, 5.41) is 14.1. The molecule has 0 radical (unpaired) electrons. The Bertz CT molecular complexity index is 2720. The second kappa shape index (κ2) is 19.9. The smallest absolute Gasteiger partial charge is 0.340 e. The molecule has 3 aromatic rings. The van der Waals surface area contributed by atoms with Crippen LogP contribution < -0.4 is 5.56 Å². The van der Waals surface area contributed by atoms with E-state index >= 15 is 0 Å². The zero-order valence-electron chi connectivity index (χ0n) is 41.4. The number of fused-ring (bicyclic) bond motifs is 5. The molecule has 386 valence electrons. The number of hydrogen-bond donors (Lipinski definition) is 1. The number of aliphatic hydroxyl groups is 1. The van der Waals surface area contributed by atoms with Gasteiger partial charge in [0.15, 0.2) is 30.0 Å². The summed E-state index contributed by atoms with van der Waals surface area (Å²) in [6, 6.07) is 12.4. The summed E-state index contributed by atoms with van der Waals surface area (Å²) in [5.41, 5.74) is -11.7. The molecular weight excluding hydrogens is 945 g/mol. The average molecular weight is 1000 g/mol. The van der Waals surface area contributed by atoms with Crippen LogP contribution in [-0.2, 0) is 73.7 Å². The minimum atomic E-state index is -2.99. The van der Waals surface area contributed by atoms with E-state index in [0.717, 1.165) is 50.6 Å². The SMILES string of the molecule is CCC(C)C(=O)OC[C@]12[C@H](OC(C)=O)C(OC(C)=O)C3C(OC(C)=O)[C@@]14O[C@@]3(C)COC(=O)c1cccnc1[C@@H](C)[C@@H](C)C(=O)OC([C@H](OC(=O)c1ccc(=O)n(C)c1)[C@@H]2OC(=O)c1ccccc1)[C@]4(C)O. The highest BCUT2D eigenvalue weighted by Crippen LogP contribution is 2.70. The standard InChI is InChI=1S/C51H58N2O19/c1-11-25(2)43(58)65-24-50-41(68-30(7)56)37(66-28(5)54)35-39(67-29(6)55)51(50)49(9,63)40(70-44(59)27(4)26(3)36-33(18-15-21-52-36)47(62)64-23-48(35,8)72-51)38(42(50)71-45(60)31-16-13-12-14-17-31)69-46(61)32-19-20-34(57)53(10)22-32/h12-22,25-27,35,37-42,63H,11,23-24H2,1-10H3/t25?,26-,27+,35?,37?,38-,39?,40?,41+,42-,48-,49-,50+,51-/m0/s1. The summed E-state index contributed by atoms with van der Waals surface area (Å²) in [5.74, 6) is -13.2. The lowest BCUT2D eigenvalue weighted by atomic mass is 9.45. The van der Waals surface area contributed by atoms with Gasteiger partial charge in [0, 0.05) is 52.2 Å². The number of cyclic esters (lactones) is 1. The number of ether oxygens (including phenoxy) is 9. The molecule has 4 heterocycles. The quantitative estimate of drug-likeness (QED) is 0.213. The first-order valence-electron chi connectivity index (χ1n) is 23.4. The Morgan fingerprint density at radius 1 is 0.792 bits per heavy atom. The molecule has 2 saturated carbocycles. The molecular formula is C51H58N2O19. The van der Waals surface area contributed by atoms with E-state index in [-0.39, 0.29) is 28.8 Å². The number of aromatic nitrogens is 2. The summed E-state index contributed by atoms with van der Waals surface area (Å²) >= 11 is 0. The van der Waals surface area contributed by atoms with Crippen LogP contribution >= 0.6 is 0 Å². The first kappa shape index (κ1) is 52.8. The molecule has 4 bridgehead atoms. The maximum atomic E-state index is 15.0. The summed E-state index contributed by atoms with van der Waals surface area (Å²) in [4.78, 5) is 131. The molecule has 0 amide bonds. The van der Waals surface area contributed by atoms with E-state index in [0.29, 0.717) is 0 Å². The Labute approximate surface area is 413 Å². The second-order valence-corrected chi connectivity index (χ2v) is 19.3. The molecule has 72 heavy (non-hydrogen) atoms. The van der Waals surface area contributed by atoms with Gasteiger partial charge in [0.05, 0.1) is 40.1 Å². The number of nitrogens with zero attached hydrogens (tertiary/aromatic N) is 2. The van der Waals surface area contributed by atoms with E-state index in [9.17, 15) is 48.3 Å². The highest BCUT2D eigenvalue weighted by molar-refractivity contribution is 5.92. The van der Waals surface area contributed by atoms with Gasteiger partial charge in [0.1, 0.15) is 42.0 Å². The van der Waals surface area contributed by atoms with Crippen LogP contribution in [0.3, 0.4) is 0 Å². The number of benzene rings is 1. The van der Waals surface area contributed by atoms with Crippen molar-refractivity contribution in [3.05, 3.63) is 99.7 Å². The van der Waals surface area contributed by atoms with Crippen molar-refractivity contribution in [3.8, 4) is 0 Å². The fraction of sp³-hybridized carbons (Fsp3) is 0.529. The molecule has 14 atom stereocenters. The molecule has 1 saturated heterocycles. The van der Waals surface area contributed by atoms with Crippen molar-refractivity contribution >= 4 is 47.8 Å². The molecule has 3 fully saturated rings. The largest absolute Gasteiger partial charge is 0.464 e. The first-order chi connectivity index (χ1) is 33.9. The number of aryl methyl sites for hydroxylation is 1. The Morgan fingerprint density at radius 2 is 1.42 bits per heavy atom. The molecule has 2 aliphatic carbocycles. The maximum Gasteiger partial charge on any atom is 0.340 e. The molecule has 5 unspecified atom stereocenters. The Kier molecular flexibility index (Phi) is 14.6. The van der Waals surface area contributed by atoms with Gasteiger partial charge < -0.3 is 52.3 Å². The number of rotatable bonds is 11. The molecule has 2 aliphatic heterocycles. The van der Waals surface area contributed by atoms with Gasteiger partial charge in [0.25, 0.3) is 0 Å². The molecule has 1 spiro atoms. The highest BCUT2D eigenvalue weighted by atomic mass is 16.7. The van der Waals surface area contributed by atoms with E-state index in [4.69, 9.17) is 42.6 Å². The fourth-order valence-corrected chi connectivity index (χ4v) is 10.8. The Balaban J connectivity index is 1.67. The van der Waals surface area contributed by atoms with Crippen molar-refractivity contribution in [2.75, 3.05) is 13.2 Å². The highest BCUT2D eigenvalue weighted by Gasteiger charge is 2.92. The van der Waals surface area contributed by atoms with E-state index in [1.807, 2.05) is 0 Å². The minimum Gasteiger partial charge on any atom is -0.464 e. The van der Waals surface area contributed by atoms with Crippen LogP contribution in [0.4, 0.5) is 0 Å². The molecule has 7 rings (SSSR count). The van der Waals surface area contributed by atoms with Gasteiger partial charge in [-0.05, 0) is 50.6 Å². The number of hydrogen-bond acceptors (Lipinski definition) is 20. The predicted octanol–water partition coefficient (Wildman–Crippen LogP) is 3.35. The van der Waals surface area contributed by atoms with Crippen LogP contribution in [0, 0.1) is 23.2 Å². The minimum absolute atomic E-state index is 0.0780. The molecule has 21 nitrogen and oxygen atoms in total. The normalized spacial score (nSPS) is 33.1. The van der Waals surface area contributed by atoms with Gasteiger partial charge in [-0.2, -0.15) is 0 Å². The molecule has 1 N–H and O–H groups in total. The van der Waals surface area contributed by atoms with Crippen molar-refractivity contribution in [2.45, 2.75) is 128 Å². The summed E-state index contributed by atoms with van der Waals surface area (Å²) < 4.78 is 58.4. The van der Waals surface area contributed by atoms with Crippen molar-refractivity contribution in [1.82, 2.24) is 9.55 Å². The fourth-order valence-electron chi connectivity index (χ4n) is 10.8. The van der Waals surface area contributed by atoms with Gasteiger partial charge >= 0.3 is 47.8 Å². The zero-order chi connectivity index (χ0) is 52.8. The third kappa shape index (κ3) is 8.90. The van der Waals surface area contributed by atoms with Crippen molar-refractivity contribution < 1.29 is 86.1 Å². The van der Waals surface area contributed by atoms with Crippen LogP contribution in [0.15, 0.2) is 71.8 Å². The Hall–Kier alpha value is -7.00. The van der Waals surface area contributed by atoms with Crippen molar-refractivity contribution in [1.29, 1.82) is 0 Å². The Morgan fingerprint density at radius 3 is 2.04 bits per heavy atom. The van der Waals surface area contributed by atoms with Crippen LogP contribution in [-0.4, -0.2) is 129 Å². The first-order valence-corrected chi connectivity index (χ1v) is 23.4. The van der Waals surface area contributed by atoms with Crippen LogP contribution in [0.25, 0.3) is 0 Å². The second-order valence-electron chi connectivity index (χ2n) is 19.3. The van der Waals surface area contributed by atoms with E-state index in [1.165, 1.54) is 70.4 Å². The van der Waals surface area contributed by atoms with Gasteiger partial charge in [-0.1, -0.05) is 45.9 Å². The topological polar surface area (TPSA) is 275 Å². The van der Waals surface area contributed by atoms with E-state index in [1.54, 1.807) is 19.9 Å². The van der Waals surface area contributed by atoms with Gasteiger partial charge in [0.2, 0.25) is 5.56 Å². The van der Waals surface area contributed by atoms with Gasteiger partial charge in [-0.15, -0.1) is 0 Å². The molecule has 1 aromatic carbocycles. The van der Waals surface area contributed by atoms with Crippen LogP contribution in [0.1, 0.15) is 111 Å². The van der Waals surface area contributed by atoms with Crippen LogP contribution in [0.2, 0.25) is 0 Å². The van der Waals surface area contributed by atoms with Crippen molar-refractivity contribution in [3.63, 3.8) is 0 Å².